The second-order valence-corrected chi connectivity index (χ2v) is 3.07. The van der Waals surface area contributed by atoms with Gasteiger partial charge in [-0.05, 0) is 11.6 Å². The van der Waals surface area contributed by atoms with E-state index in [1.54, 1.807) is 0 Å². The lowest BCUT2D eigenvalue weighted by atomic mass is 10.3. The fraction of sp³-hybridized carbons (Fsp3) is 0.250. The van der Waals surface area contributed by atoms with E-state index in [1.165, 1.54) is 0 Å². The lowest BCUT2D eigenvalue weighted by molar-refractivity contribution is -0.275. The molecular formula is C8H5ClF3NO4. The molecule has 9 heteroatoms. The fourth-order valence-electron chi connectivity index (χ4n) is 1.02. The van der Waals surface area contributed by atoms with E-state index in [0.29, 0.717) is 6.07 Å². The van der Waals surface area contributed by atoms with E-state index in [0.717, 1.165) is 7.11 Å². The molecule has 1 aromatic rings. The third-order valence-electron chi connectivity index (χ3n) is 1.60. The van der Waals surface area contributed by atoms with Crippen molar-refractivity contribution in [1.82, 2.24) is 4.98 Å². The number of H-pyrrole nitrogens is 1. The molecule has 0 aliphatic rings. The molecule has 0 amide bonds. The number of rotatable bonds is 3. The summed E-state index contributed by atoms with van der Waals surface area (Å²) in [6, 6.07) is 0.628. The van der Waals surface area contributed by atoms with Crippen LogP contribution in [0.25, 0.3) is 0 Å². The number of methoxy groups -OCH3 is 1. The maximum absolute atomic E-state index is 12.0. The Bertz CT molecular complexity index is 497. The number of carbonyl (C=O) groups is 1. The van der Waals surface area contributed by atoms with Gasteiger partial charge >= 0.3 is 6.36 Å². The molecular weight excluding hydrogens is 267 g/mol. The summed E-state index contributed by atoms with van der Waals surface area (Å²) in [5.41, 5.74) is -1.59. The molecule has 1 aromatic heterocycles. The second-order valence-electron chi connectivity index (χ2n) is 2.73. The molecule has 0 aliphatic carbocycles. The predicted molar refractivity (Wildman–Crippen MR) is 50.5 cm³/mol. The Balaban J connectivity index is 3.34. The van der Waals surface area contributed by atoms with Gasteiger partial charge in [0, 0.05) is 6.07 Å². The zero-order valence-electron chi connectivity index (χ0n) is 8.22. The maximum Gasteiger partial charge on any atom is 0.573 e. The van der Waals surface area contributed by atoms with Crippen molar-refractivity contribution in [2.45, 2.75) is 6.36 Å². The fourth-order valence-corrected chi connectivity index (χ4v) is 1.13. The number of halogens is 4. The van der Waals surface area contributed by atoms with Crippen molar-refractivity contribution >= 4 is 16.8 Å². The Labute approximate surface area is 97.1 Å². The van der Waals surface area contributed by atoms with Gasteiger partial charge in [0.05, 0.1) is 7.11 Å². The van der Waals surface area contributed by atoms with Crippen LogP contribution in [0.15, 0.2) is 10.9 Å². The van der Waals surface area contributed by atoms with Gasteiger partial charge in [-0.25, -0.2) is 0 Å². The largest absolute Gasteiger partial charge is 0.573 e. The van der Waals surface area contributed by atoms with Gasteiger partial charge in [0.25, 0.3) is 10.8 Å². The van der Waals surface area contributed by atoms with Crippen LogP contribution in [0.4, 0.5) is 13.2 Å². The summed E-state index contributed by atoms with van der Waals surface area (Å²) in [5.74, 6) is -1.64. The van der Waals surface area contributed by atoms with Crippen molar-refractivity contribution in [3.05, 3.63) is 22.1 Å². The third-order valence-corrected chi connectivity index (χ3v) is 1.80. The quantitative estimate of drug-likeness (QED) is 0.849. The lowest BCUT2D eigenvalue weighted by Gasteiger charge is -2.12. The van der Waals surface area contributed by atoms with Gasteiger partial charge in [-0.2, -0.15) is 0 Å². The van der Waals surface area contributed by atoms with Gasteiger partial charge in [-0.1, -0.05) is 0 Å². The molecule has 0 spiro atoms. The lowest BCUT2D eigenvalue weighted by Crippen LogP contribution is -2.21. The molecule has 0 aromatic carbocycles. The number of alkyl halides is 3. The topological polar surface area (TPSA) is 68.4 Å². The summed E-state index contributed by atoms with van der Waals surface area (Å²) in [6.45, 7) is 0. The molecule has 1 rings (SSSR count). The van der Waals surface area contributed by atoms with Crippen molar-refractivity contribution in [3.63, 3.8) is 0 Å². The van der Waals surface area contributed by atoms with Crippen LogP contribution in [0, 0.1) is 0 Å². The number of hydrogen-bond acceptors (Lipinski definition) is 4. The summed E-state index contributed by atoms with van der Waals surface area (Å²) in [6.07, 6.45) is -5.02. The van der Waals surface area contributed by atoms with E-state index >= 15 is 0 Å². The Morgan fingerprint density at radius 1 is 1.47 bits per heavy atom. The van der Waals surface area contributed by atoms with Crippen LogP contribution in [0.1, 0.15) is 10.5 Å². The van der Waals surface area contributed by atoms with Crippen molar-refractivity contribution in [2.24, 2.45) is 0 Å². The van der Waals surface area contributed by atoms with Crippen molar-refractivity contribution in [2.75, 3.05) is 7.11 Å². The smallest absolute Gasteiger partial charge is 0.488 e. The Kier molecular flexibility index (Phi) is 3.66. The van der Waals surface area contributed by atoms with Crippen LogP contribution < -0.4 is 15.0 Å². The number of nitrogens with one attached hydrogen (secondary N) is 1. The Morgan fingerprint density at radius 2 is 2.06 bits per heavy atom. The molecule has 1 N–H and O–H groups in total. The molecule has 0 bridgehead atoms. The summed E-state index contributed by atoms with van der Waals surface area (Å²) in [4.78, 5) is 23.9. The van der Waals surface area contributed by atoms with E-state index in [9.17, 15) is 22.8 Å². The first-order chi connectivity index (χ1) is 7.74. The number of aromatic nitrogens is 1. The minimum absolute atomic E-state index is 0.531. The molecule has 17 heavy (non-hydrogen) atoms. The first kappa shape index (κ1) is 13.4. The highest BCUT2D eigenvalue weighted by atomic mass is 35.5. The van der Waals surface area contributed by atoms with Gasteiger partial charge in [0.2, 0.25) is 5.75 Å². The van der Waals surface area contributed by atoms with Crippen LogP contribution in [0.5, 0.6) is 11.5 Å². The normalized spacial score (nSPS) is 11.1. The molecule has 0 saturated heterocycles. The highest BCUT2D eigenvalue weighted by Gasteiger charge is 2.33. The minimum Gasteiger partial charge on any atom is -0.488 e. The van der Waals surface area contributed by atoms with Crippen molar-refractivity contribution in [3.8, 4) is 11.5 Å². The van der Waals surface area contributed by atoms with E-state index in [1.807, 2.05) is 4.98 Å². The summed E-state index contributed by atoms with van der Waals surface area (Å²) in [5, 5.41) is -1.13. The molecule has 1 heterocycles. The van der Waals surface area contributed by atoms with Crippen LogP contribution >= 0.6 is 11.6 Å². The highest BCUT2D eigenvalue weighted by molar-refractivity contribution is 6.67. The summed E-state index contributed by atoms with van der Waals surface area (Å²) >= 11 is 5.03. The SMILES string of the molecule is COc1c(OC(F)(F)F)cc(C(=O)Cl)[nH]c1=O. The first-order valence-corrected chi connectivity index (χ1v) is 4.39. The first-order valence-electron chi connectivity index (χ1n) is 4.01. The predicted octanol–water partition coefficient (Wildman–Crippen LogP) is 1.66. The molecule has 94 valence electrons. The van der Waals surface area contributed by atoms with E-state index in [-0.39, 0.29) is 0 Å². The maximum atomic E-state index is 12.0. The van der Waals surface area contributed by atoms with Crippen LogP contribution in [0.2, 0.25) is 0 Å². The number of hydrogen-bond donors (Lipinski definition) is 1. The van der Waals surface area contributed by atoms with Crippen LogP contribution in [0.3, 0.4) is 0 Å². The highest BCUT2D eigenvalue weighted by Crippen LogP contribution is 2.29. The average molecular weight is 272 g/mol. The molecule has 0 saturated carbocycles. The van der Waals surface area contributed by atoms with Gasteiger partial charge in [0.15, 0.2) is 5.75 Å². The number of ether oxygens (including phenoxy) is 2. The molecule has 0 aliphatic heterocycles. The summed E-state index contributed by atoms with van der Waals surface area (Å²) < 4.78 is 44.0. The van der Waals surface area contributed by atoms with Gasteiger partial charge in [-0.3, -0.25) is 9.59 Å². The Hall–Kier alpha value is -1.70. The van der Waals surface area contributed by atoms with E-state index < -0.39 is 34.4 Å². The zero-order valence-corrected chi connectivity index (χ0v) is 8.98. The second kappa shape index (κ2) is 4.66. The number of carbonyl (C=O) groups excluding carboxylic acids is 1. The van der Waals surface area contributed by atoms with Crippen LogP contribution in [-0.4, -0.2) is 23.7 Å². The summed E-state index contributed by atoms with van der Waals surface area (Å²) in [7, 11) is 0.982. The Morgan fingerprint density at radius 3 is 2.47 bits per heavy atom. The zero-order chi connectivity index (χ0) is 13.2. The van der Waals surface area contributed by atoms with Crippen molar-refractivity contribution in [1.29, 1.82) is 0 Å². The van der Waals surface area contributed by atoms with Crippen LogP contribution in [-0.2, 0) is 0 Å². The standard InChI is InChI=1S/C8H5ClF3NO4/c1-16-5-4(17-8(10,11)12)2-3(6(9)14)13-7(5)15/h2H,1H3,(H,13,15). The molecule has 0 fully saturated rings. The van der Waals surface area contributed by atoms with E-state index in [2.05, 4.69) is 9.47 Å². The monoisotopic (exact) mass is 271 g/mol. The van der Waals surface area contributed by atoms with Crippen molar-refractivity contribution < 1.29 is 27.4 Å². The number of pyridine rings is 1. The molecule has 0 radical (unpaired) electrons. The van der Waals surface area contributed by atoms with Gasteiger partial charge in [0.1, 0.15) is 5.69 Å². The minimum atomic E-state index is -5.02. The van der Waals surface area contributed by atoms with Gasteiger partial charge < -0.3 is 14.5 Å². The molecule has 5 nitrogen and oxygen atoms in total. The molecule has 0 atom stereocenters. The van der Waals surface area contributed by atoms with E-state index in [4.69, 9.17) is 11.6 Å². The molecule has 0 unspecified atom stereocenters. The average Bonchev–Trinajstić information content (AvgIpc) is 2.14. The third kappa shape index (κ3) is 3.38. The number of aromatic amines is 1. The van der Waals surface area contributed by atoms with Gasteiger partial charge in [-0.15, -0.1) is 13.2 Å².